The van der Waals surface area contributed by atoms with E-state index in [9.17, 15) is 14.7 Å². The van der Waals surface area contributed by atoms with Gasteiger partial charge in [0.15, 0.2) is 0 Å². The van der Waals surface area contributed by atoms with E-state index < -0.39 is 22.8 Å². The van der Waals surface area contributed by atoms with Crippen molar-refractivity contribution >= 4 is 12.0 Å². The van der Waals surface area contributed by atoms with Crippen molar-refractivity contribution in [1.29, 1.82) is 0 Å². The van der Waals surface area contributed by atoms with Crippen molar-refractivity contribution in [2.24, 2.45) is 17.8 Å². The summed E-state index contributed by atoms with van der Waals surface area (Å²) >= 11 is 0. The zero-order valence-electron chi connectivity index (χ0n) is 17.1. The van der Waals surface area contributed by atoms with Gasteiger partial charge in [-0.05, 0) is 90.4 Å². The predicted molar refractivity (Wildman–Crippen MR) is 101 cm³/mol. The van der Waals surface area contributed by atoms with Crippen LogP contribution in [0, 0.1) is 17.8 Å². The Hall–Kier alpha value is -1.30. The monoisotopic (exact) mass is 378 g/mol. The van der Waals surface area contributed by atoms with Gasteiger partial charge in [0.2, 0.25) is 5.91 Å². The molecule has 0 aromatic carbocycles. The lowest BCUT2D eigenvalue weighted by Crippen LogP contribution is -2.65. The molecule has 6 heteroatoms. The van der Waals surface area contributed by atoms with Crippen LogP contribution in [0.2, 0.25) is 0 Å². The normalized spacial score (nSPS) is 43.1. The van der Waals surface area contributed by atoms with Crippen molar-refractivity contribution in [1.82, 2.24) is 10.2 Å². The smallest absolute Gasteiger partial charge is 0.411 e. The first-order valence-electron chi connectivity index (χ1n) is 10.5. The van der Waals surface area contributed by atoms with Crippen LogP contribution in [-0.4, -0.2) is 51.3 Å². The van der Waals surface area contributed by atoms with E-state index in [4.69, 9.17) is 4.74 Å². The molecule has 0 radical (unpaired) electrons. The van der Waals surface area contributed by atoms with E-state index in [2.05, 4.69) is 5.32 Å². The maximum absolute atomic E-state index is 13.3. The number of rotatable bonds is 2. The summed E-state index contributed by atoms with van der Waals surface area (Å²) in [7, 11) is 0. The lowest BCUT2D eigenvalue weighted by atomic mass is 9.52. The number of nitrogens with one attached hydrogen (secondary N) is 1. The second-order valence-corrected chi connectivity index (χ2v) is 10.7. The lowest BCUT2D eigenvalue weighted by molar-refractivity contribution is -0.150. The van der Waals surface area contributed by atoms with Gasteiger partial charge in [-0.15, -0.1) is 0 Å². The van der Waals surface area contributed by atoms with Crippen LogP contribution in [0.1, 0.15) is 72.6 Å². The number of carbonyl (C=O) groups is 2. The van der Waals surface area contributed by atoms with Crippen molar-refractivity contribution in [3.63, 3.8) is 0 Å². The third kappa shape index (κ3) is 3.34. The van der Waals surface area contributed by atoms with Crippen LogP contribution in [-0.2, 0) is 9.53 Å². The van der Waals surface area contributed by atoms with Gasteiger partial charge in [-0.1, -0.05) is 0 Å². The third-order valence-electron chi connectivity index (χ3n) is 7.28. The van der Waals surface area contributed by atoms with Gasteiger partial charge in [0.05, 0.1) is 5.60 Å². The van der Waals surface area contributed by atoms with Crippen LogP contribution >= 0.6 is 0 Å². The summed E-state index contributed by atoms with van der Waals surface area (Å²) in [6.07, 6.45) is 5.82. The molecule has 5 fully saturated rings. The molecule has 152 valence electrons. The predicted octanol–water partition coefficient (Wildman–Crippen LogP) is 2.83. The van der Waals surface area contributed by atoms with E-state index in [1.807, 2.05) is 27.7 Å². The van der Waals surface area contributed by atoms with Crippen molar-refractivity contribution in [2.75, 3.05) is 6.54 Å². The molecule has 27 heavy (non-hydrogen) atoms. The fourth-order valence-corrected chi connectivity index (χ4v) is 6.33. The molecule has 2 N–H and O–H groups in total. The van der Waals surface area contributed by atoms with Crippen LogP contribution in [0.5, 0.6) is 0 Å². The third-order valence-corrected chi connectivity index (χ3v) is 7.28. The number of carbonyl (C=O) groups excluding carboxylic acids is 2. The molecule has 4 aliphatic carbocycles. The molecule has 3 atom stereocenters. The molecule has 0 aromatic rings. The van der Waals surface area contributed by atoms with Gasteiger partial charge in [0.25, 0.3) is 0 Å². The van der Waals surface area contributed by atoms with Gasteiger partial charge in [0.1, 0.15) is 11.1 Å². The van der Waals surface area contributed by atoms with E-state index in [0.29, 0.717) is 30.7 Å². The summed E-state index contributed by atoms with van der Waals surface area (Å²) in [5, 5.41) is 14.1. The number of hydrogen-bond donors (Lipinski definition) is 2. The summed E-state index contributed by atoms with van der Waals surface area (Å²) in [6.45, 7) is 7.95. The van der Waals surface area contributed by atoms with Crippen LogP contribution in [0.4, 0.5) is 4.79 Å². The number of amides is 2. The molecule has 5 rings (SSSR count). The largest absolute Gasteiger partial charge is 0.444 e. The van der Waals surface area contributed by atoms with E-state index in [-0.39, 0.29) is 11.9 Å². The van der Waals surface area contributed by atoms with Crippen molar-refractivity contribution in [2.45, 2.75) is 95.4 Å². The number of aliphatic hydroxyl groups is 1. The average Bonchev–Trinajstić information content (AvgIpc) is 2.90. The first-order chi connectivity index (χ1) is 12.5. The van der Waals surface area contributed by atoms with Crippen molar-refractivity contribution in [3.05, 3.63) is 0 Å². The maximum atomic E-state index is 13.3. The molecule has 4 saturated carbocycles. The van der Waals surface area contributed by atoms with Crippen molar-refractivity contribution in [3.8, 4) is 0 Å². The van der Waals surface area contributed by atoms with Gasteiger partial charge in [-0.3, -0.25) is 9.69 Å². The van der Waals surface area contributed by atoms with E-state index in [1.165, 1.54) is 0 Å². The second kappa shape index (κ2) is 6.10. The van der Waals surface area contributed by atoms with E-state index >= 15 is 0 Å². The second-order valence-electron chi connectivity index (χ2n) is 10.7. The Morgan fingerprint density at radius 1 is 1.15 bits per heavy atom. The highest BCUT2D eigenvalue weighted by Crippen LogP contribution is 2.55. The Balaban J connectivity index is 1.47. The highest BCUT2D eigenvalue weighted by molar-refractivity contribution is 5.90. The van der Waals surface area contributed by atoms with Gasteiger partial charge in [-0.25, -0.2) is 4.79 Å². The van der Waals surface area contributed by atoms with E-state index in [1.54, 1.807) is 4.90 Å². The Morgan fingerprint density at radius 3 is 2.33 bits per heavy atom. The summed E-state index contributed by atoms with van der Waals surface area (Å²) in [5.74, 6) is 1.28. The zero-order valence-corrected chi connectivity index (χ0v) is 17.1. The Morgan fingerprint density at radius 2 is 1.78 bits per heavy atom. The fourth-order valence-electron chi connectivity index (χ4n) is 6.33. The number of ether oxygens (including phenoxy) is 1. The first kappa shape index (κ1) is 19.0. The van der Waals surface area contributed by atoms with Gasteiger partial charge in [-0.2, -0.15) is 0 Å². The standard InChI is InChI=1S/C21H34N2O4/c1-19(2,3)27-18(25)23-7-5-6-20(23,4)17(24)22-16-14-8-13-9-15(16)12-21(26,10-13)11-14/h13-16,26H,5-12H2,1-4H3,(H,22,24)/t13?,14?,15?,16?,20-,21?/m0/s1. The fraction of sp³-hybridized carbons (Fsp3) is 0.905. The van der Waals surface area contributed by atoms with E-state index in [0.717, 1.165) is 38.5 Å². The van der Waals surface area contributed by atoms with Crippen LogP contribution in [0.15, 0.2) is 0 Å². The van der Waals surface area contributed by atoms with Gasteiger partial charge >= 0.3 is 6.09 Å². The average molecular weight is 379 g/mol. The minimum atomic E-state index is -0.853. The summed E-state index contributed by atoms with van der Waals surface area (Å²) in [6, 6.07) is 0.132. The molecule has 2 amide bonds. The minimum Gasteiger partial charge on any atom is -0.444 e. The van der Waals surface area contributed by atoms with Crippen LogP contribution < -0.4 is 5.32 Å². The number of nitrogens with zero attached hydrogens (tertiary/aromatic N) is 1. The molecular formula is C21H34N2O4. The van der Waals surface area contributed by atoms with Crippen molar-refractivity contribution < 1.29 is 19.4 Å². The number of likely N-dealkylation sites (tertiary alicyclic amines) is 1. The first-order valence-corrected chi connectivity index (χ1v) is 10.5. The van der Waals surface area contributed by atoms with Crippen LogP contribution in [0.3, 0.4) is 0 Å². The molecule has 0 aromatic heterocycles. The quantitative estimate of drug-likeness (QED) is 0.774. The molecule has 6 nitrogen and oxygen atoms in total. The summed E-state index contributed by atoms with van der Waals surface area (Å²) in [5.41, 5.74) is -1.93. The zero-order chi connectivity index (χ0) is 19.6. The Bertz CT molecular complexity index is 627. The lowest BCUT2D eigenvalue weighted by Gasteiger charge is -2.58. The Kier molecular flexibility index (Phi) is 4.30. The minimum absolute atomic E-state index is 0.0599. The molecular weight excluding hydrogens is 344 g/mol. The molecule has 0 spiro atoms. The highest BCUT2D eigenvalue weighted by Gasteiger charge is 2.56. The van der Waals surface area contributed by atoms with Gasteiger partial charge in [0, 0.05) is 12.6 Å². The molecule has 1 heterocycles. The van der Waals surface area contributed by atoms with Gasteiger partial charge < -0.3 is 15.2 Å². The SMILES string of the molecule is CC(C)(C)OC(=O)N1CCC[C@@]1(C)C(=O)NC1C2CC3CC1CC(O)(C3)C2. The summed E-state index contributed by atoms with van der Waals surface area (Å²) < 4.78 is 5.54. The summed E-state index contributed by atoms with van der Waals surface area (Å²) in [4.78, 5) is 27.6. The topological polar surface area (TPSA) is 78.9 Å². The molecule has 2 unspecified atom stereocenters. The Labute approximate surface area is 162 Å². The molecule has 1 saturated heterocycles. The maximum Gasteiger partial charge on any atom is 0.411 e. The number of hydrogen-bond acceptors (Lipinski definition) is 4. The molecule has 1 aliphatic heterocycles. The highest BCUT2D eigenvalue weighted by atomic mass is 16.6. The molecule has 5 aliphatic rings. The molecule has 4 bridgehead atoms. The van der Waals surface area contributed by atoms with Crippen LogP contribution in [0.25, 0.3) is 0 Å².